The molecule has 4 N–H and O–H groups in total. The van der Waals surface area contributed by atoms with E-state index in [0.717, 1.165) is 22.5 Å². The minimum atomic E-state index is -0.513. The molecule has 0 saturated carbocycles. The molecule has 0 aromatic heterocycles. The summed E-state index contributed by atoms with van der Waals surface area (Å²) in [6.07, 6.45) is 0. The first kappa shape index (κ1) is 26.2. The number of rotatable bonds is 8. The van der Waals surface area contributed by atoms with Gasteiger partial charge in [0.15, 0.2) is 5.78 Å². The summed E-state index contributed by atoms with van der Waals surface area (Å²) in [6.45, 7) is 0. The Balaban J connectivity index is 1.63. The molecule has 192 valence electrons. The van der Waals surface area contributed by atoms with E-state index in [1.54, 1.807) is 36.4 Å². The third-order valence-electron chi connectivity index (χ3n) is 6.49. The van der Waals surface area contributed by atoms with Gasteiger partial charge in [-0.3, -0.25) is 14.4 Å². The van der Waals surface area contributed by atoms with Crippen LogP contribution in [0.1, 0.15) is 36.6 Å². The molecule has 0 aliphatic heterocycles. The Morgan fingerprint density at radius 3 is 1.16 bits per heavy atom. The zero-order valence-corrected chi connectivity index (χ0v) is 21.9. The lowest BCUT2D eigenvalue weighted by molar-refractivity contribution is 0.0992. The molecule has 0 radical (unpaired) electrons. The monoisotopic (exact) mass is 506 g/mol. The number of nitrogens with zero attached hydrogens (tertiary/aromatic N) is 2. The third-order valence-corrected chi connectivity index (χ3v) is 6.49. The van der Waals surface area contributed by atoms with Gasteiger partial charge in [-0.1, -0.05) is 48.5 Å². The lowest BCUT2D eigenvalue weighted by atomic mass is 9.94. The van der Waals surface area contributed by atoms with Crippen molar-refractivity contribution in [2.75, 3.05) is 38.0 Å². The molecule has 0 spiro atoms. The standard InChI is InChI=1S/C31H30N4O3/c1-34(2)23-13-15-25(30(32)37)27(17-23)19-5-9-21(10-6-19)29(36)22-11-7-20(8-12-22)28-18-24(35(3)4)14-16-26(28)31(33)38/h5-18H,1-4H3,(H2,32,37)(H2,33,38). The first-order valence-electron chi connectivity index (χ1n) is 12.0. The van der Waals surface area contributed by atoms with Gasteiger partial charge in [-0.25, -0.2) is 0 Å². The van der Waals surface area contributed by atoms with E-state index in [9.17, 15) is 14.4 Å². The number of anilines is 2. The van der Waals surface area contributed by atoms with Crippen LogP contribution in [0.3, 0.4) is 0 Å². The molecule has 0 aliphatic rings. The first-order valence-corrected chi connectivity index (χ1v) is 12.0. The van der Waals surface area contributed by atoms with Crippen LogP contribution >= 0.6 is 0 Å². The number of nitrogens with two attached hydrogens (primary N) is 2. The number of carbonyl (C=O) groups is 3. The molecule has 7 heteroatoms. The van der Waals surface area contributed by atoms with Crippen LogP contribution in [0.4, 0.5) is 11.4 Å². The Morgan fingerprint density at radius 1 is 0.526 bits per heavy atom. The van der Waals surface area contributed by atoms with Gasteiger partial charge in [0.1, 0.15) is 0 Å². The van der Waals surface area contributed by atoms with Crippen molar-refractivity contribution in [2.45, 2.75) is 0 Å². The molecule has 0 aliphatic carbocycles. The molecule has 0 saturated heterocycles. The zero-order chi connectivity index (χ0) is 27.6. The summed E-state index contributed by atoms with van der Waals surface area (Å²) < 4.78 is 0. The van der Waals surface area contributed by atoms with E-state index in [1.807, 2.05) is 86.5 Å². The summed E-state index contributed by atoms with van der Waals surface area (Å²) in [5.74, 6) is -1.17. The summed E-state index contributed by atoms with van der Waals surface area (Å²) in [7, 11) is 7.68. The summed E-state index contributed by atoms with van der Waals surface area (Å²) in [5.41, 5.74) is 17.9. The topological polar surface area (TPSA) is 110 Å². The average Bonchev–Trinajstić information content (AvgIpc) is 2.92. The molecule has 4 aromatic carbocycles. The van der Waals surface area contributed by atoms with Crippen LogP contribution in [0, 0.1) is 0 Å². The van der Waals surface area contributed by atoms with Gasteiger partial charge in [0.2, 0.25) is 11.8 Å². The molecule has 4 rings (SSSR count). The minimum absolute atomic E-state index is 0.141. The molecular formula is C31H30N4O3. The Bertz CT molecular complexity index is 1410. The second-order valence-corrected chi connectivity index (χ2v) is 9.46. The Kier molecular flexibility index (Phi) is 7.30. The van der Waals surface area contributed by atoms with Gasteiger partial charge in [0.05, 0.1) is 0 Å². The number of ketones is 1. The van der Waals surface area contributed by atoms with Gasteiger partial charge in [0.25, 0.3) is 0 Å². The molecule has 4 aromatic rings. The fraction of sp³-hybridized carbons (Fsp3) is 0.129. The summed E-state index contributed by atoms with van der Waals surface area (Å²) in [4.78, 5) is 41.1. The van der Waals surface area contributed by atoms with Gasteiger partial charge < -0.3 is 21.3 Å². The quantitative estimate of drug-likeness (QED) is 0.340. The highest BCUT2D eigenvalue weighted by Crippen LogP contribution is 2.30. The normalized spacial score (nSPS) is 10.6. The van der Waals surface area contributed by atoms with Crippen molar-refractivity contribution in [3.05, 3.63) is 107 Å². The maximum Gasteiger partial charge on any atom is 0.249 e. The molecule has 0 bridgehead atoms. The smallest absolute Gasteiger partial charge is 0.249 e. The van der Waals surface area contributed by atoms with Gasteiger partial charge in [-0.05, 0) is 58.7 Å². The second-order valence-electron chi connectivity index (χ2n) is 9.46. The minimum Gasteiger partial charge on any atom is -0.378 e. The van der Waals surface area contributed by atoms with E-state index in [-0.39, 0.29) is 5.78 Å². The van der Waals surface area contributed by atoms with E-state index < -0.39 is 11.8 Å². The Hall–Kier alpha value is -4.91. The molecule has 2 amide bonds. The number of primary amides is 2. The summed E-state index contributed by atoms with van der Waals surface area (Å²) in [5, 5.41) is 0. The van der Waals surface area contributed by atoms with Gasteiger partial charge in [-0.2, -0.15) is 0 Å². The van der Waals surface area contributed by atoms with Crippen LogP contribution in [0.15, 0.2) is 84.9 Å². The van der Waals surface area contributed by atoms with Crippen molar-refractivity contribution >= 4 is 29.0 Å². The lowest BCUT2D eigenvalue weighted by Crippen LogP contribution is -2.14. The predicted molar refractivity (Wildman–Crippen MR) is 153 cm³/mol. The van der Waals surface area contributed by atoms with Crippen LogP contribution in [0.5, 0.6) is 0 Å². The molecule has 0 unspecified atom stereocenters. The van der Waals surface area contributed by atoms with Crippen LogP contribution in [0.25, 0.3) is 22.3 Å². The van der Waals surface area contributed by atoms with E-state index in [4.69, 9.17) is 11.5 Å². The summed E-state index contributed by atoms with van der Waals surface area (Å²) >= 11 is 0. The predicted octanol–water partition coefficient (Wildman–Crippen LogP) is 4.58. The molecule has 0 fully saturated rings. The van der Waals surface area contributed by atoms with Crippen LogP contribution < -0.4 is 21.3 Å². The van der Waals surface area contributed by atoms with E-state index in [1.165, 1.54) is 0 Å². The molecule has 38 heavy (non-hydrogen) atoms. The van der Waals surface area contributed by atoms with E-state index >= 15 is 0 Å². The van der Waals surface area contributed by atoms with Crippen LogP contribution in [-0.4, -0.2) is 45.8 Å². The highest BCUT2D eigenvalue weighted by molar-refractivity contribution is 6.10. The highest BCUT2D eigenvalue weighted by Gasteiger charge is 2.16. The van der Waals surface area contributed by atoms with Crippen molar-refractivity contribution in [3.8, 4) is 22.3 Å². The molecule has 0 heterocycles. The molecular weight excluding hydrogens is 476 g/mol. The van der Waals surface area contributed by atoms with Gasteiger partial charge >= 0.3 is 0 Å². The second kappa shape index (κ2) is 10.6. The first-order chi connectivity index (χ1) is 18.1. The van der Waals surface area contributed by atoms with Gasteiger partial charge in [-0.15, -0.1) is 0 Å². The zero-order valence-electron chi connectivity index (χ0n) is 21.9. The summed E-state index contributed by atoms with van der Waals surface area (Å²) in [6, 6.07) is 25.1. The SMILES string of the molecule is CN(C)c1ccc(C(N)=O)c(-c2ccc(C(=O)c3ccc(-c4cc(N(C)C)ccc4C(N)=O)cc3)cc2)c1. The Labute approximate surface area is 222 Å². The van der Waals surface area contributed by atoms with Crippen molar-refractivity contribution in [1.29, 1.82) is 0 Å². The number of hydrogen-bond donors (Lipinski definition) is 2. The molecule has 0 atom stereocenters. The number of hydrogen-bond acceptors (Lipinski definition) is 5. The fourth-order valence-electron chi connectivity index (χ4n) is 4.30. The highest BCUT2D eigenvalue weighted by atomic mass is 16.1. The maximum absolute atomic E-state index is 13.2. The maximum atomic E-state index is 13.2. The van der Waals surface area contributed by atoms with Crippen molar-refractivity contribution in [2.24, 2.45) is 11.5 Å². The lowest BCUT2D eigenvalue weighted by Gasteiger charge is -2.16. The number of carbonyl (C=O) groups excluding carboxylic acids is 3. The average molecular weight is 507 g/mol. The van der Waals surface area contributed by atoms with Crippen molar-refractivity contribution in [3.63, 3.8) is 0 Å². The Morgan fingerprint density at radius 2 is 0.868 bits per heavy atom. The van der Waals surface area contributed by atoms with E-state index in [2.05, 4.69) is 0 Å². The van der Waals surface area contributed by atoms with E-state index in [0.29, 0.717) is 33.4 Å². The van der Waals surface area contributed by atoms with Gasteiger partial charge in [0, 0.05) is 61.8 Å². The van der Waals surface area contributed by atoms with Crippen LogP contribution in [-0.2, 0) is 0 Å². The third kappa shape index (κ3) is 5.27. The molecule has 7 nitrogen and oxygen atoms in total. The number of benzene rings is 4. The fourth-order valence-corrected chi connectivity index (χ4v) is 4.30. The van der Waals surface area contributed by atoms with Crippen LogP contribution in [0.2, 0.25) is 0 Å². The largest absolute Gasteiger partial charge is 0.378 e. The van der Waals surface area contributed by atoms with Crippen molar-refractivity contribution < 1.29 is 14.4 Å². The van der Waals surface area contributed by atoms with Crippen molar-refractivity contribution in [1.82, 2.24) is 0 Å². The number of amides is 2.